The number of likely N-dealkylation sites (N-methyl/N-ethyl adjacent to an activating group) is 1. The fourth-order valence-electron chi connectivity index (χ4n) is 4.37. The van der Waals surface area contributed by atoms with Gasteiger partial charge in [-0.05, 0) is 57.8 Å². The predicted octanol–water partition coefficient (Wildman–Crippen LogP) is 9.01. The van der Waals surface area contributed by atoms with Crippen molar-refractivity contribution in [2.45, 2.75) is 129 Å². The molecule has 0 saturated heterocycles. The van der Waals surface area contributed by atoms with E-state index in [1.54, 1.807) is 0 Å². The molecule has 2 atom stereocenters. The van der Waals surface area contributed by atoms with Gasteiger partial charge in [-0.1, -0.05) is 89.0 Å². The lowest BCUT2D eigenvalue weighted by Crippen LogP contribution is -2.37. The van der Waals surface area contributed by atoms with Crippen molar-refractivity contribution in [2.24, 2.45) is 0 Å². The zero-order valence-electron chi connectivity index (χ0n) is 27.5. The molecule has 0 amide bonds. The summed E-state index contributed by atoms with van der Waals surface area (Å²) in [5, 5.41) is 0. The highest BCUT2D eigenvalue weighted by Gasteiger charge is 2.27. The van der Waals surface area contributed by atoms with E-state index < -0.39 is 13.9 Å². The maximum absolute atomic E-state index is 12.2. The number of rotatable bonds is 31. The van der Waals surface area contributed by atoms with E-state index in [1.807, 2.05) is 21.1 Å². The Morgan fingerprint density at radius 1 is 0.683 bits per heavy atom. The zero-order chi connectivity index (χ0) is 30.5. The molecule has 7 nitrogen and oxygen atoms in total. The van der Waals surface area contributed by atoms with Crippen LogP contribution in [0.3, 0.4) is 0 Å². The second-order valence-electron chi connectivity index (χ2n) is 12.3. The summed E-state index contributed by atoms with van der Waals surface area (Å²) in [6.45, 7) is 3.98. The van der Waals surface area contributed by atoms with E-state index >= 15 is 0 Å². The van der Waals surface area contributed by atoms with E-state index in [0.717, 1.165) is 25.7 Å². The average Bonchev–Trinajstić information content (AvgIpc) is 2.90. The summed E-state index contributed by atoms with van der Waals surface area (Å²) in [6.07, 6.45) is 31.8. The normalized spacial score (nSPS) is 14.8. The first-order valence-corrected chi connectivity index (χ1v) is 18.0. The standard InChI is InChI=1S/C33H66NO6P/c1-6-7-8-9-10-11-12-13-14-15-16-17-18-19-20-21-22-23-24-25-26-27-29-38-32-33(31-37-5)40-41(35,36)39-30-28-34(2,3)4/h10-11,22-23,33H,6-9,12-21,24-32H2,1-5H3/p+1/t33-/m0/s1. The molecule has 0 saturated carbocycles. The second kappa shape index (κ2) is 28.3. The summed E-state index contributed by atoms with van der Waals surface area (Å²) in [5.41, 5.74) is 0. The molecule has 1 N–H and O–H groups in total. The van der Waals surface area contributed by atoms with E-state index in [4.69, 9.17) is 18.5 Å². The highest BCUT2D eigenvalue weighted by Crippen LogP contribution is 2.44. The number of methoxy groups -OCH3 is 1. The van der Waals surface area contributed by atoms with Crippen molar-refractivity contribution in [3.05, 3.63) is 24.3 Å². The number of ether oxygens (including phenoxy) is 2. The molecule has 41 heavy (non-hydrogen) atoms. The third-order valence-corrected chi connectivity index (χ3v) is 7.99. The second-order valence-corrected chi connectivity index (χ2v) is 13.7. The molecule has 244 valence electrons. The monoisotopic (exact) mass is 604 g/mol. The van der Waals surface area contributed by atoms with Gasteiger partial charge in [0.25, 0.3) is 0 Å². The molecule has 0 heterocycles. The Morgan fingerprint density at radius 3 is 1.61 bits per heavy atom. The maximum Gasteiger partial charge on any atom is 0.472 e. The smallest absolute Gasteiger partial charge is 0.382 e. The molecular weight excluding hydrogens is 537 g/mol. The summed E-state index contributed by atoms with van der Waals surface area (Å²) >= 11 is 0. The predicted molar refractivity (Wildman–Crippen MR) is 173 cm³/mol. The fourth-order valence-corrected chi connectivity index (χ4v) is 5.24. The van der Waals surface area contributed by atoms with Gasteiger partial charge in [0.2, 0.25) is 0 Å². The van der Waals surface area contributed by atoms with Crippen LogP contribution in [-0.4, -0.2) is 76.7 Å². The summed E-state index contributed by atoms with van der Waals surface area (Å²) < 4.78 is 34.0. The minimum atomic E-state index is -4.14. The molecule has 0 bridgehead atoms. The topological polar surface area (TPSA) is 74.2 Å². The SMILES string of the molecule is CCCCCC=CCCCCCCCCCCC=CCCCCCOC[C@H](COC)OP(=O)(O)OCC[N+](C)(C)C. The number of hydrogen-bond donors (Lipinski definition) is 1. The Morgan fingerprint density at radius 2 is 1.15 bits per heavy atom. The molecule has 0 aliphatic carbocycles. The van der Waals surface area contributed by atoms with Crippen LogP contribution >= 0.6 is 7.82 Å². The van der Waals surface area contributed by atoms with Crippen molar-refractivity contribution in [1.82, 2.24) is 0 Å². The van der Waals surface area contributed by atoms with Crippen LogP contribution in [0.15, 0.2) is 24.3 Å². The third-order valence-electron chi connectivity index (χ3n) is 6.91. The van der Waals surface area contributed by atoms with Gasteiger partial charge in [0.1, 0.15) is 19.3 Å². The molecule has 0 radical (unpaired) electrons. The van der Waals surface area contributed by atoms with Crippen LogP contribution in [0.25, 0.3) is 0 Å². The van der Waals surface area contributed by atoms with Gasteiger partial charge in [-0.2, -0.15) is 0 Å². The molecule has 0 fully saturated rings. The number of phosphoric ester groups is 1. The lowest BCUT2D eigenvalue weighted by Gasteiger charge is -2.25. The Bertz CT molecular complexity index is 665. The van der Waals surface area contributed by atoms with Gasteiger partial charge in [-0.3, -0.25) is 9.05 Å². The van der Waals surface area contributed by atoms with Crippen molar-refractivity contribution in [2.75, 3.05) is 61.2 Å². The fraction of sp³-hybridized carbons (Fsp3) is 0.879. The Kier molecular flexibility index (Phi) is 27.9. The first-order chi connectivity index (χ1) is 19.7. The Balaban J connectivity index is 3.57. The van der Waals surface area contributed by atoms with E-state index in [0.29, 0.717) is 17.6 Å². The minimum absolute atomic E-state index is 0.143. The van der Waals surface area contributed by atoms with Gasteiger partial charge in [-0.25, -0.2) is 4.57 Å². The number of phosphoric acid groups is 1. The molecule has 0 rings (SSSR count). The maximum atomic E-state index is 12.2. The number of nitrogens with zero attached hydrogens (tertiary/aromatic N) is 1. The molecule has 0 aromatic heterocycles. The first-order valence-electron chi connectivity index (χ1n) is 16.5. The van der Waals surface area contributed by atoms with E-state index in [-0.39, 0.29) is 19.8 Å². The van der Waals surface area contributed by atoms with E-state index in [9.17, 15) is 9.46 Å². The lowest BCUT2D eigenvalue weighted by atomic mass is 10.1. The summed E-state index contributed by atoms with van der Waals surface area (Å²) in [4.78, 5) is 9.98. The number of hydrogen-bond acceptors (Lipinski definition) is 5. The Labute approximate surface area is 254 Å². The van der Waals surface area contributed by atoms with Crippen molar-refractivity contribution in [3.63, 3.8) is 0 Å². The van der Waals surface area contributed by atoms with Crippen molar-refractivity contribution in [1.29, 1.82) is 0 Å². The largest absolute Gasteiger partial charge is 0.472 e. The van der Waals surface area contributed by atoms with Crippen molar-refractivity contribution >= 4 is 7.82 Å². The van der Waals surface area contributed by atoms with Gasteiger partial charge in [0.15, 0.2) is 0 Å². The molecule has 0 aliphatic heterocycles. The number of unbranched alkanes of at least 4 members (excludes halogenated alkanes) is 15. The van der Waals surface area contributed by atoms with E-state index in [1.165, 1.54) is 97.0 Å². The zero-order valence-corrected chi connectivity index (χ0v) is 28.4. The molecule has 0 aliphatic rings. The Hall–Kier alpha value is -0.530. The molecule has 8 heteroatoms. The van der Waals surface area contributed by atoms with E-state index in [2.05, 4.69) is 31.2 Å². The van der Waals surface area contributed by atoms with Crippen molar-refractivity contribution < 1.29 is 32.5 Å². The quantitative estimate of drug-likeness (QED) is 0.0368. The van der Waals surface area contributed by atoms with Gasteiger partial charge in [0.05, 0.1) is 34.4 Å². The summed E-state index contributed by atoms with van der Waals surface area (Å²) in [7, 11) is 3.36. The first kappa shape index (κ1) is 40.5. The lowest BCUT2D eigenvalue weighted by molar-refractivity contribution is -0.870. The van der Waals surface area contributed by atoms with Crippen LogP contribution in [0.2, 0.25) is 0 Å². The van der Waals surface area contributed by atoms with Gasteiger partial charge < -0.3 is 18.9 Å². The molecule has 0 aromatic rings. The third kappa shape index (κ3) is 32.2. The molecule has 1 unspecified atom stereocenters. The van der Waals surface area contributed by atoms with Crippen LogP contribution in [-0.2, 0) is 23.1 Å². The van der Waals surface area contributed by atoms with Crippen LogP contribution < -0.4 is 0 Å². The average molecular weight is 605 g/mol. The highest BCUT2D eigenvalue weighted by molar-refractivity contribution is 7.47. The van der Waals surface area contributed by atoms with Crippen LogP contribution in [0.5, 0.6) is 0 Å². The minimum Gasteiger partial charge on any atom is -0.382 e. The van der Waals surface area contributed by atoms with Gasteiger partial charge in [-0.15, -0.1) is 0 Å². The number of allylic oxidation sites excluding steroid dienone is 4. The molecule has 0 spiro atoms. The number of quaternary nitrogens is 1. The molecule has 0 aromatic carbocycles. The summed E-state index contributed by atoms with van der Waals surface area (Å²) in [5.74, 6) is 0. The van der Waals surface area contributed by atoms with Crippen molar-refractivity contribution in [3.8, 4) is 0 Å². The highest BCUT2D eigenvalue weighted by atomic mass is 31.2. The summed E-state index contributed by atoms with van der Waals surface area (Å²) in [6, 6.07) is 0. The van der Waals surface area contributed by atoms with Crippen LogP contribution in [0.4, 0.5) is 0 Å². The van der Waals surface area contributed by atoms with Crippen LogP contribution in [0.1, 0.15) is 122 Å². The molecular formula is C33H67NO6P+. The van der Waals surface area contributed by atoms with Gasteiger partial charge >= 0.3 is 7.82 Å². The van der Waals surface area contributed by atoms with Crippen LogP contribution in [0, 0.1) is 0 Å². The van der Waals surface area contributed by atoms with Gasteiger partial charge in [0, 0.05) is 13.7 Å².